The third kappa shape index (κ3) is 3.13. The van der Waals surface area contributed by atoms with Gasteiger partial charge in [0.05, 0.1) is 6.10 Å². The molecule has 3 heteroatoms. The molecule has 1 aromatic carbocycles. The minimum absolute atomic E-state index is 0.386. The Morgan fingerprint density at radius 1 is 1.41 bits per heavy atom. The Morgan fingerprint density at radius 3 is 2.82 bits per heavy atom. The van der Waals surface area contributed by atoms with Crippen molar-refractivity contribution in [3.63, 3.8) is 0 Å². The van der Waals surface area contributed by atoms with E-state index in [4.69, 9.17) is 10.5 Å². The van der Waals surface area contributed by atoms with Crippen LogP contribution < -0.4 is 10.6 Å². The number of ether oxygens (including phenoxy) is 1. The summed E-state index contributed by atoms with van der Waals surface area (Å²) in [6, 6.07) is 6.24. The quantitative estimate of drug-likeness (QED) is 0.814. The number of nitrogen functional groups attached to an aromatic ring is 1. The Morgan fingerprint density at radius 2 is 2.24 bits per heavy atom. The van der Waals surface area contributed by atoms with Gasteiger partial charge in [-0.1, -0.05) is 0 Å². The minimum atomic E-state index is 0.386. The van der Waals surface area contributed by atoms with Crippen LogP contribution >= 0.6 is 0 Å². The van der Waals surface area contributed by atoms with Gasteiger partial charge in [-0.15, -0.1) is 0 Å². The van der Waals surface area contributed by atoms with Gasteiger partial charge < -0.3 is 15.4 Å². The highest BCUT2D eigenvalue weighted by Crippen LogP contribution is 2.22. The van der Waals surface area contributed by atoms with Crippen molar-refractivity contribution in [2.45, 2.75) is 32.8 Å². The number of rotatable bonds is 4. The molecule has 0 aromatic heterocycles. The Labute approximate surface area is 104 Å². The zero-order chi connectivity index (χ0) is 12.3. The normalized spacial score (nSPS) is 19.5. The molecule has 0 bridgehead atoms. The predicted octanol–water partition coefficient (Wildman–Crippen LogP) is 2.58. The topological polar surface area (TPSA) is 38.5 Å². The third-order valence-electron chi connectivity index (χ3n) is 3.28. The second kappa shape index (κ2) is 5.41. The van der Waals surface area contributed by atoms with Crippen molar-refractivity contribution in [2.24, 2.45) is 0 Å². The molecule has 1 atom stereocenters. The lowest BCUT2D eigenvalue weighted by molar-refractivity contribution is 0.115. The molecule has 0 spiro atoms. The highest BCUT2D eigenvalue weighted by atomic mass is 16.5. The van der Waals surface area contributed by atoms with Crippen molar-refractivity contribution in [1.82, 2.24) is 0 Å². The van der Waals surface area contributed by atoms with Crippen LogP contribution in [0.25, 0.3) is 0 Å². The Balaban J connectivity index is 2.10. The molecule has 1 aromatic rings. The van der Waals surface area contributed by atoms with Crippen molar-refractivity contribution in [3.8, 4) is 0 Å². The van der Waals surface area contributed by atoms with Crippen molar-refractivity contribution < 1.29 is 4.74 Å². The summed E-state index contributed by atoms with van der Waals surface area (Å²) in [5.41, 5.74) is 9.16. The zero-order valence-electron chi connectivity index (χ0n) is 10.8. The van der Waals surface area contributed by atoms with E-state index in [1.165, 1.54) is 24.1 Å². The highest BCUT2D eigenvalue weighted by Gasteiger charge is 2.18. The monoisotopic (exact) mass is 234 g/mol. The molecular formula is C14H22N2O. The van der Waals surface area contributed by atoms with Crippen molar-refractivity contribution in [2.75, 3.05) is 30.3 Å². The van der Waals surface area contributed by atoms with Gasteiger partial charge in [0.2, 0.25) is 0 Å². The molecule has 1 fully saturated rings. The summed E-state index contributed by atoms with van der Waals surface area (Å²) in [7, 11) is 0. The molecule has 0 aliphatic carbocycles. The van der Waals surface area contributed by atoms with E-state index in [0.717, 1.165) is 25.4 Å². The smallest absolute Gasteiger partial charge is 0.0750 e. The number of anilines is 2. The summed E-state index contributed by atoms with van der Waals surface area (Å²) in [5, 5.41) is 0. The van der Waals surface area contributed by atoms with E-state index in [1.54, 1.807) is 0 Å². The number of hydrogen-bond donors (Lipinski definition) is 1. The largest absolute Gasteiger partial charge is 0.399 e. The Kier molecular flexibility index (Phi) is 3.89. The van der Waals surface area contributed by atoms with Crippen LogP contribution in [0.4, 0.5) is 11.4 Å². The van der Waals surface area contributed by atoms with Crippen LogP contribution in [0, 0.1) is 6.92 Å². The number of hydrogen-bond acceptors (Lipinski definition) is 3. The summed E-state index contributed by atoms with van der Waals surface area (Å²) >= 11 is 0. The molecule has 1 aliphatic heterocycles. The highest BCUT2D eigenvalue weighted by molar-refractivity contribution is 5.58. The predicted molar refractivity (Wildman–Crippen MR) is 72.5 cm³/mol. The van der Waals surface area contributed by atoms with Gasteiger partial charge in [0.15, 0.2) is 0 Å². The first-order valence-electron chi connectivity index (χ1n) is 6.42. The van der Waals surface area contributed by atoms with Crippen LogP contribution in [0.5, 0.6) is 0 Å². The Hall–Kier alpha value is -1.22. The van der Waals surface area contributed by atoms with Gasteiger partial charge in [0.25, 0.3) is 0 Å². The van der Waals surface area contributed by atoms with Crippen LogP contribution in [-0.4, -0.2) is 25.8 Å². The number of nitrogens with two attached hydrogens (primary N) is 1. The molecule has 1 heterocycles. The molecule has 0 saturated carbocycles. The molecule has 1 saturated heterocycles. The number of aryl methyl sites for hydroxylation is 1. The van der Waals surface area contributed by atoms with Crippen LogP contribution in [-0.2, 0) is 4.74 Å². The lowest BCUT2D eigenvalue weighted by Gasteiger charge is -2.26. The number of nitrogens with zero attached hydrogens (tertiary/aromatic N) is 1. The summed E-state index contributed by atoms with van der Waals surface area (Å²) in [6.45, 7) is 7.13. The van der Waals surface area contributed by atoms with E-state index >= 15 is 0 Å². The molecule has 2 rings (SSSR count). The summed E-state index contributed by atoms with van der Waals surface area (Å²) < 4.78 is 5.69. The van der Waals surface area contributed by atoms with Gasteiger partial charge in [-0.2, -0.15) is 0 Å². The SMILES string of the molecule is CCN(CC1CCCO1)c1cc(C)cc(N)c1. The third-order valence-corrected chi connectivity index (χ3v) is 3.28. The summed E-state index contributed by atoms with van der Waals surface area (Å²) in [4.78, 5) is 2.35. The van der Waals surface area contributed by atoms with Crippen LogP contribution in [0.2, 0.25) is 0 Å². The van der Waals surface area contributed by atoms with Crippen molar-refractivity contribution >= 4 is 11.4 Å². The van der Waals surface area contributed by atoms with Gasteiger partial charge in [-0.05, 0) is 50.5 Å². The van der Waals surface area contributed by atoms with Crippen LogP contribution in [0.3, 0.4) is 0 Å². The molecule has 17 heavy (non-hydrogen) atoms. The molecule has 0 radical (unpaired) electrons. The maximum atomic E-state index is 5.90. The van der Waals surface area contributed by atoms with Gasteiger partial charge >= 0.3 is 0 Å². The van der Waals surface area contributed by atoms with Gasteiger partial charge in [-0.3, -0.25) is 0 Å². The molecule has 94 valence electrons. The molecule has 1 aliphatic rings. The molecular weight excluding hydrogens is 212 g/mol. The summed E-state index contributed by atoms with van der Waals surface area (Å²) in [5.74, 6) is 0. The van der Waals surface area contributed by atoms with E-state index in [1.807, 2.05) is 12.1 Å². The van der Waals surface area contributed by atoms with E-state index in [-0.39, 0.29) is 0 Å². The molecule has 1 unspecified atom stereocenters. The number of benzene rings is 1. The summed E-state index contributed by atoms with van der Waals surface area (Å²) in [6.07, 6.45) is 2.76. The molecule has 0 amide bonds. The number of likely N-dealkylation sites (N-methyl/N-ethyl adjacent to an activating group) is 1. The van der Waals surface area contributed by atoms with E-state index < -0.39 is 0 Å². The van der Waals surface area contributed by atoms with Crippen LogP contribution in [0.1, 0.15) is 25.3 Å². The average Bonchev–Trinajstić information content (AvgIpc) is 2.77. The lowest BCUT2D eigenvalue weighted by Crippen LogP contribution is -2.32. The van der Waals surface area contributed by atoms with E-state index in [9.17, 15) is 0 Å². The standard InChI is InChI=1S/C14H22N2O/c1-3-16(10-14-5-4-6-17-14)13-8-11(2)7-12(15)9-13/h7-9,14H,3-6,10,15H2,1-2H3. The fourth-order valence-corrected chi connectivity index (χ4v) is 2.43. The zero-order valence-corrected chi connectivity index (χ0v) is 10.8. The molecule has 2 N–H and O–H groups in total. The fraction of sp³-hybridized carbons (Fsp3) is 0.571. The lowest BCUT2D eigenvalue weighted by atomic mass is 10.1. The second-order valence-electron chi connectivity index (χ2n) is 4.78. The van der Waals surface area contributed by atoms with Gasteiger partial charge in [-0.25, -0.2) is 0 Å². The fourth-order valence-electron chi connectivity index (χ4n) is 2.43. The van der Waals surface area contributed by atoms with Crippen LogP contribution in [0.15, 0.2) is 18.2 Å². The minimum Gasteiger partial charge on any atom is -0.399 e. The first kappa shape index (κ1) is 12.2. The van der Waals surface area contributed by atoms with E-state index in [2.05, 4.69) is 24.8 Å². The van der Waals surface area contributed by atoms with Crippen molar-refractivity contribution in [3.05, 3.63) is 23.8 Å². The average molecular weight is 234 g/mol. The van der Waals surface area contributed by atoms with Gasteiger partial charge in [0, 0.05) is 31.1 Å². The maximum absolute atomic E-state index is 5.90. The first-order chi connectivity index (χ1) is 8.19. The maximum Gasteiger partial charge on any atom is 0.0750 e. The van der Waals surface area contributed by atoms with E-state index in [0.29, 0.717) is 6.10 Å². The molecule has 3 nitrogen and oxygen atoms in total. The van der Waals surface area contributed by atoms with Crippen molar-refractivity contribution in [1.29, 1.82) is 0 Å². The second-order valence-corrected chi connectivity index (χ2v) is 4.78. The first-order valence-corrected chi connectivity index (χ1v) is 6.42. The van der Waals surface area contributed by atoms with Gasteiger partial charge in [0.1, 0.15) is 0 Å². The Bertz CT molecular complexity index is 352.